The van der Waals surface area contributed by atoms with Gasteiger partial charge in [0.1, 0.15) is 5.82 Å². The van der Waals surface area contributed by atoms with Gasteiger partial charge in [0.2, 0.25) is 5.28 Å². The molecule has 1 aromatic carbocycles. The fourth-order valence-corrected chi connectivity index (χ4v) is 2.55. The van der Waals surface area contributed by atoms with Crippen molar-refractivity contribution in [3.63, 3.8) is 0 Å². The van der Waals surface area contributed by atoms with Gasteiger partial charge in [-0.2, -0.15) is 9.97 Å². The molecular formula is C14H12ClN5OS. The molecule has 0 atom stereocenters. The van der Waals surface area contributed by atoms with Crippen LogP contribution in [0.4, 0.5) is 11.5 Å². The number of hydrogen-bond acceptors (Lipinski definition) is 5. The number of amides is 1. The van der Waals surface area contributed by atoms with E-state index in [1.165, 1.54) is 3.97 Å². The first kappa shape index (κ1) is 14.7. The van der Waals surface area contributed by atoms with Crippen LogP contribution in [0.3, 0.4) is 0 Å². The number of benzene rings is 1. The summed E-state index contributed by atoms with van der Waals surface area (Å²) in [6.45, 7) is 1.89. The van der Waals surface area contributed by atoms with Gasteiger partial charge < -0.3 is 11.1 Å². The molecule has 0 spiro atoms. The molecule has 0 radical (unpaired) electrons. The van der Waals surface area contributed by atoms with Gasteiger partial charge in [0.25, 0.3) is 5.91 Å². The van der Waals surface area contributed by atoms with Gasteiger partial charge >= 0.3 is 0 Å². The molecule has 2 heterocycles. The first-order valence-electron chi connectivity index (χ1n) is 6.37. The Morgan fingerprint density at radius 3 is 2.86 bits per heavy atom. The average Bonchev–Trinajstić information content (AvgIpc) is 2.82. The molecule has 0 aliphatic carbocycles. The minimum Gasteiger partial charge on any atom is -0.366 e. The molecule has 112 valence electrons. The van der Waals surface area contributed by atoms with Crippen LogP contribution in [0.2, 0.25) is 5.28 Å². The second-order valence-corrected chi connectivity index (χ2v) is 5.55. The van der Waals surface area contributed by atoms with E-state index in [0.717, 1.165) is 10.9 Å². The Morgan fingerprint density at radius 1 is 1.36 bits per heavy atom. The maximum absolute atomic E-state index is 11.6. The number of anilines is 2. The summed E-state index contributed by atoms with van der Waals surface area (Å²) in [7, 11) is 0. The summed E-state index contributed by atoms with van der Waals surface area (Å²) in [5.74, 6) is -0.0384. The standard InChI is InChI=1S/C14H12ClN5OS/c1-7-2-3-10(9(6-7)11(16)21)17-12-8-4-5-20(22)13(8)19-14(15)18-12/h2-6,22H,1H3,(H2,16,21)(H,17,18,19). The van der Waals surface area contributed by atoms with Gasteiger partial charge in [-0.25, -0.2) is 0 Å². The van der Waals surface area contributed by atoms with Crippen LogP contribution in [-0.4, -0.2) is 19.8 Å². The van der Waals surface area contributed by atoms with Crippen LogP contribution in [0.5, 0.6) is 0 Å². The van der Waals surface area contributed by atoms with Crippen molar-refractivity contribution in [2.24, 2.45) is 5.73 Å². The summed E-state index contributed by atoms with van der Waals surface area (Å²) >= 11 is 10.2. The summed E-state index contributed by atoms with van der Waals surface area (Å²) < 4.78 is 1.54. The maximum atomic E-state index is 11.6. The van der Waals surface area contributed by atoms with Crippen LogP contribution >= 0.6 is 24.4 Å². The van der Waals surface area contributed by atoms with Gasteiger partial charge in [-0.1, -0.05) is 24.4 Å². The van der Waals surface area contributed by atoms with E-state index >= 15 is 0 Å². The molecule has 3 aromatic rings. The zero-order valence-corrected chi connectivity index (χ0v) is 13.2. The number of fused-ring (bicyclic) bond motifs is 1. The number of hydrogen-bond donors (Lipinski definition) is 3. The number of carbonyl (C=O) groups is 1. The molecule has 2 aromatic heterocycles. The van der Waals surface area contributed by atoms with Gasteiger partial charge in [-0.15, -0.1) is 0 Å². The number of thiol groups is 1. The predicted molar refractivity (Wildman–Crippen MR) is 89.9 cm³/mol. The van der Waals surface area contributed by atoms with Gasteiger partial charge in [-0.3, -0.25) is 8.77 Å². The first-order chi connectivity index (χ1) is 10.5. The highest BCUT2D eigenvalue weighted by Crippen LogP contribution is 2.28. The second kappa shape index (κ2) is 5.51. The third kappa shape index (κ3) is 2.60. The summed E-state index contributed by atoms with van der Waals surface area (Å²) in [5.41, 5.74) is 7.87. The Hall–Kier alpha value is -2.25. The largest absolute Gasteiger partial charge is 0.366 e. The number of aryl methyl sites for hydroxylation is 1. The zero-order valence-electron chi connectivity index (χ0n) is 11.5. The number of nitrogens with zero attached hydrogens (tertiary/aromatic N) is 3. The zero-order chi connectivity index (χ0) is 15.9. The van der Waals surface area contributed by atoms with Crippen LogP contribution in [0.15, 0.2) is 30.5 Å². The van der Waals surface area contributed by atoms with E-state index in [0.29, 0.717) is 22.7 Å². The summed E-state index contributed by atoms with van der Waals surface area (Å²) in [4.78, 5) is 19.9. The molecule has 0 unspecified atom stereocenters. The topological polar surface area (TPSA) is 85.8 Å². The van der Waals surface area contributed by atoms with Crippen LogP contribution < -0.4 is 11.1 Å². The number of halogens is 1. The van der Waals surface area contributed by atoms with Crippen molar-refractivity contribution < 1.29 is 4.79 Å². The van der Waals surface area contributed by atoms with E-state index in [1.54, 1.807) is 24.4 Å². The van der Waals surface area contributed by atoms with E-state index in [1.807, 2.05) is 13.0 Å². The highest BCUT2D eigenvalue weighted by atomic mass is 35.5. The SMILES string of the molecule is Cc1ccc(Nc2nc(Cl)nc3c2ccn3S)c(C(N)=O)c1. The fraction of sp³-hybridized carbons (Fsp3) is 0.0714. The summed E-state index contributed by atoms with van der Waals surface area (Å²) in [6.07, 6.45) is 1.73. The molecule has 0 saturated heterocycles. The van der Waals surface area contributed by atoms with Crippen molar-refractivity contribution in [1.82, 2.24) is 13.9 Å². The molecule has 3 rings (SSSR count). The highest BCUT2D eigenvalue weighted by Gasteiger charge is 2.14. The second-order valence-electron chi connectivity index (χ2n) is 4.78. The lowest BCUT2D eigenvalue weighted by molar-refractivity contribution is 0.100. The van der Waals surface area contributed by atoms with Crippen LogP contribution in [0.25, 0.3) is 11.0 Å². The highest BCUT2D eigenvalue weighted by molar-refractivity contribution is 7.78. The van der Waals surface area contributed by atoms with E-state index in [2.05, 4.69) is 28.1 Å². The number of nitrogens with two attached hydrogens (primary N) is 1. The third-order valence-corrected chi connectivity index (χ3v) is 3.68. The minimum absolute atomic E-state index is 0.0803. The number of primary amides is 1. The van der Waals surface area contributed by atoms with Crippen molar-refractivity contribution in [1.29, 1.82) is 0 Å². The normalized spacial score (nSPS) is 10.9. The van der Waals surface area contributed by atoms with Crippen molar-refractivity contribution in [3.05, 3.63) is 46.9 Å². The Balaban J connectivity index is 2.13. The molecule has 0 aliphatic heterocycles. The predicted octanol–water partition coefficient (Wildman–Crippen LogP) is 2.93. The molecule has 1 amide bonds. The summed E-state index contributed by atoms with van der Waals surface area (Å²) in [6, 6.07) is 7.17. The van der Waals surface area contributed by atoms with Crippen molar-refractivity contribution >= 4 is 52.9 Å². The Bertz CT molecular complexity index is 892. The lowest BCUT2D eigenvalue weighted by Crippen LogP contribution is -2.14. The van der Waals surface area contributed by atoms with Crippen LogP contribution in [0.1, 0.15) is 15.9 Å². The average molecular weight is 334 g/mol. The molecule has 3 N–H and O–H groups in total. The van der Waals surface area contributed by atoms with Crippen LogP contribution in [0, 0.1) is 6.92 Å². The molecule has 0 aliphatic rings. The molecule has 22 heavy (non-hydrogen) atoms. The number of rotatable bonds is 3. The quantitative estimate of drug-likeness (QED) is 0.508. The van der Waals surface area contributed by atoms with E-state index < -0.39 is 5.91 Å². The van der Waals surface area contributed by atoms with Crippen LogP contribution in [-0.2, 0) is 0 Å². The monoisotopic (exact) mass is 333 g/mol. The van der Waals surface area contributed by atoms with E-state index in [4.69, 9.17) is 17.3 Å². The lowest BCUT2D eigenvalue weighted by atomic mass is 10.1. The number of nitrogens with one attached hydrogen (secondary N) is 1. The maximum Gasteiger partial charge on any atom is 0.250 e. The van der Waals surface area contributed by atoms with E-state index in [-0.39, 0.29) is 5.28 Å². The molecule has 6 nitrogen and oxygen atoms in total. The van der Waals surface area contributed by atoms with Gasteiger partial charge in [-0.05, 0) is 36.7 Å². The van der Waals surface area contributed by atoms with Crippen molar-refractivity contribution in [2.75, 3.05) is 5.32 Å². The Kier molecular flexibility index (Phi) is 3.67. The molecule has 0 fully saturated rings. The Morgan fingerprint density at radius 2 is 2.14 bits per heavy atom. The van der Waals surface area contributed by atoms with Crippen molar-refractivity contribution in [2.45, 2.75) is 6.92 Å². The third-order valence-electron chi connectivity index (χ3n) is 3.19. The first-order valence-corrected chi connectivity index (χ1v) is 7.15. The van der Waals surface area contributed by atoms with E-state index in [9.17, 15) is 4.79 Å². The van der Waals surface area contributed by atoms with Gasteiger partial charge in [0, 0.05) is 6.20 Å². The van der Waals surface area contributed by atoms with Gasteiger partial charge in [0.05, 0.1) is 16.6 Å². The molecule has 0 saturated carbocycles. The number of carbonyl (C=O) groups excluding carboxylic acids is 1. The smallest absolute Gasteiger partial charge is 0.250 e. The van der Waals surface area contributed by atoms with Gasteiger partial charge in [0.15, 0.2) is 5.65 Å². The molecule has 8 heteroatoms. The fourth-order valence-electron chi connectivity index (χ4n) is 2.17. The summed E-state index contributed by atoms with van der Waals surface area (Å²) in [5, 5.41) is 3.91. The minimum atomic E-state index is -0.519. The molecular weight excluding hydrogens is 322 g/mol. The number of aromatic nitrogens is 3. The lowest BCUT2D eigenvalue weighted by Gasteiger charge is -2.11. The Labute approximate surface area is 136 Å². The molecule has 0 bridgehead atoms. The van der Waals surface area contributed by atoms with Crippen molar-refractivity contribution in [3.8, 4) is 0 Å².